The first-order valence-electron chi connectivity index (χ1n) is 15.9. The van der Waals surface area contributed by atoms with Crippen LogP contribution in [0.25, 0.3) is 0 Å². The number of methoxy groups -OCH3 is 3. The van der Waals surface area contributed by atoms with E-state index in [0.717, 1.165) is 50.0 Å². The molecule has 3 aromatic rings. The lowest BCUT2D eigenvalue weighted by molar-refractivity contribution is 0.0542. The molecule has 2 aliphatic rings. The van der Waals surface area contributed by atoms with Crippen molar-refractivity contribution in [3.05, 3.63) is 88.5 Å². The molecule has 9 nitrogen and oxygen atoms in total. The first-order chi connectivity index (χ1) is 22.2. The van der Waals surface area contributed by atoms with Gasteiger partial charge in [-0.2, -0.15) is 0 Å². The third kappa shape index (κ3) is 13.1. The maximum Gasteiger partial charge on any atom is 0.124 e. The van der Waals surface area contributed by atoms with Crippen molar-refractivity contribution in [2.45, 2.75) is 46.6 Å². The summed E-state index contributed by atoms with van der Waals surface area (Å²) in [5, 5.41) is 3.32. The van der Waals surface area contributed by atoms with Gasteiger partial charge in [0, 0.05) is 58.1 Å². The highest BCUT2D eigenvalue weighted by molar-refractivity contribution is 5.85. The van der Waals surface area contributed by atoms with Crippen LogP contribution in [0.3, 0.4) is 0 Å². The number of halogens is 1. The van der Waals surface area contributed by atoms with Gasteiger partial charge in [-0.05, 0) is 41.0 Å². The molecule has 3 aromatic carbocycles. The van der Waals surface area contributed by atoms with Gasteiger partial charge in [-0.1, -0.05) is 50.2 Å². The quantitative estimate of drug-likeness (QED) is 0.175. The van der Waals surface area contributed by atoms with Crippen molar-refractivity contribution in [3.63, 3.8) is 0 Å². The second-order valence-corrected chi connectivity index (χ2v) is 10.3. The molecule has 0 bridgehead atoms. The standard InChI is InChI=1S/C21H27NO4.C13H19NO3.C2H6.ClH/c1-23-10-11-25-12-13-26-21-5-3-4-18-15-22(16-20(18)21)14-17-6-8-19(24-2)9-7-17;1-15-5-6-16-7-8-17-13-4-2-3-11-9-14-10-12(11)13;1-2;/h3-9H,10-16H2,1-2H3;2-4,14H,5-10H2,1H3;1-2H3;1H. The van der Waals surface area contributed by atoms with Crippen molar-refractivity contribution in [2.75, 3.05) is 74.2 Å². The van der Waals surface area contributed by atoms with Gasteiger partial charge in [-0.3, -0.25) is 4.90 Å². The molecule has 10 heteroatoms. The molecule has 0 fully saturated rings. The Kier molecular flexibility index (Phi) is 20.0. The first-order valence-corrected chi connectivity index (χ1v) is 15.9. The average molecular weight is 661 g/mol. The van der Waals surface area contributed by atoms with E-state index in [1.165, 1.54) is 27.8 Å². The maximum absolute atomic E-state index is 5.95. The van der Waals surface area contributed by atoms with Gasteiger partial charge in [0.15, 0.2) is 0 Å². The minimum atomic E-state index is 0. The summed E-state index contributed by atoms with van der Waals surface area (Å²) in [6.07, 6.45) is 0. The van der Waals surface area contributed by atoms with Crippen LogP contribution in [0, 0.1) is 0 Å². The van der Waals surface area contributed by atoms with Crippen LogP contribution in [0.4, 0.5) is 0 Å². The molecule has 0 saturated carbocycles. The van der Waals surface area contributed by atoms with Crippen LogP contribution in [0.1, 0.15) is 41.7 Å². The van der Waals surface area contributed by atoms with Crippen molar-refractivity contribution >= 4 is 12.4 Å². The van der Waals surface area contributed by atoms with Gasteiger partial charge in [0.2, 0.25) is 0 Å². The molecule has 0 amide bonds. The SMILES string of the molecule is CC.COCCOCCOc1cccc2c1CN(Cc1ccc(OC)cc1)C2.COCCOCCOc1cccc2c1CNC2.Cl. The maximum atomic E-state index is 5.95. The van der Waals surface area contributed by atoms with E-state index in [2.05, 4.69) is 40.5 Å². The second kappa shape index (κ2) is 23.4. The Morgan fingerprint density at radius 3 is 1.76 bits per heavy atom. The van der Waals surface area contributed by atoms with E-state index in [-0.39, 0.29) is 12.4 Å². The van der Waals surface area contributed by atoms with Crippen LogP contribution >= 0.6 is 12.4 Å². The Balaban J connectivity index is 0.000000320. The van der Waals surface area contributed by atoms with Crippen molar-refractivity contribution < 1.29 is 33.2 Å². The second-order valence-electron chi connectivity index (χ2n) is 10.3. The van der Waals surface area contributed by atoms with Crippen LogP contribution in [-0.4, -0.2) is 79.1 Å². The number of hydrogen-bond acceptors (Lipinski definition) is 9. The zero-order chi connectivity index (χ0) is 32.1. The molecule has 2 heterocycles. The van der Waals surface area contributed by atoms with E-state index < -0.39 is 0 Å². The van der Waals surface area contributed by atoms with E-state index in [0.29, 0.717) is 52.9 Å². The largest absolute Gasteiger partial charge is 0.497 e. The Morgan fingerprint density at radius 1 is 0.609 bits per heavy atom. The third-order valence-corrected chi connectivity index (χ3v) is 7.25. The molecule has 256 valence electrons. The van der Waals surface area contributed by atoms with Crippen LogP contribution in [0.5, 0.6) is 17.2 Å². The number of ether oxygens (including phenoxy) is 7. The van der Waals surface area contributed by atoms with Gasteiger partial charge in [0.25, 0.3) is 0 Å². The van der Waals surface area contributed by atoms with Crippen molar-refractivity contribution in [3.8, 4) is 17.2 Å². The van der Waals surface area contributed by atoms with Gasteiger partial charge in [-0.15, -0.1) is 12.4 Å². The molecule has 0 saturated heterocycles. The highest BCUT2D eigenvalue weighted by atomic mass is 35.5. The number of benzene rings is 3. The molecule has 46 heavy (non-hydrogen) atoms. The van der Waals surface area contributed by atoms with E-state index >= 15 is 0 Å². The van der Waals surface area contributed by atoms with Crippen LogP contribution in [0.2, 0.25) is 0 Å². The summed E-state index contributed by atoms with van der Waals surface area (Å²) in [7, 11) is 5.03. The Morgan fingerprint density at radius 2 is 1.17 bits per heavy atom. The molecule has 0 aliphatic carbocycles. The molecule has 1 N–H and O–H groups in total. The lowest BCUT2D eigenvalue weighted by Gasteiger charge is -2.15. The number of hydrogen-bond donors (Lipinski definition) is 1. The van der Waals surface area contributed by atoms with Crippen LogP contribution in [0.15, 0.2) is 60.7 Å². The smallest absolute Gasteiger partial charge is 0.124 e. The van der Waals surface area contributed by atoms with Gasteiger partial charge in [0.1, 0.15) is 30.5 Å². The minimum Gasteiger partial charge on any atom is -0.497 e. The van der Waals surface area contributed by atoms with E-state index in [4.69, 9.17) is 33.2 Å². The summed E-state index contributed by atoms with van der Waals surface area (Å²) in [6.45, 7) is 13.4. The van der Waals surface area contributed by atoms with Gasteiger partial charge in [0.05, 0.1) is 46.8 Å². The molecule has 2 aliphatic heterocycles. The van der Waals surface area contributed by atoms with Gasteiger partial charge in [-0.25, -0.2) is 0 Å². The molecule has 0 spiro atoms. The number of nitrogens with one attached hydrogen (secondary N) is 1. The minimum absolute atomic E-state index is 0. The molecular weight excluding hydrogens is 608 g/mol. The molecule has 5 rings (SSSR count). The summed E-state index contributed by atoms with van der Waals surface area (Å²) < 4.78 is 37.6. The summed E-state index contributed by atoms with van der Waals surface area (Å²) in [6, 6.07) is 20.7. The molecule has 0 atom stereocenters. The third-order valence-electron chi connectivity index (χ3n) is 7.25. The highest BCUT2D eigenvalue weighted by Gasteiger charge is 2.22. The number of rotatable bonds is 17. The Labute approximate surface area is 281 Å². The first kappa shape index (κ1) is 39.3. The highest BCUT2D eigenvalue weighted by Crippen LogP contribution is 2.32. The van der Waals surface area contributed by atoms with Crippen molar-refractivity contribution in [2.24, 2.45) is 0 Å². The molecule has 0 unspecified atom stereocenters. The van der Waals surface area contributed by atoms with E-state index in [1.54, 1.807) is 21.3 Å². The lowest BCUT2D eigenvalue weighted by atomic mass is 10.1. The molecule has 0 aromatic heterocycles. The summed E-state index contributed by atoms with van der Waals surface area (Å²) in [5.74, 6) is 2.83. The van der Waals surface area contributed by atoms with E-state index in [1.807, 2.05) is 44.2 Å². The topological polar surface area (TPSA) is 79.9 Å². The predicted molar refractivity (Wildman–Crippen MR) is 184 cm³/mol. The number of fused-ring (bicyclic) bond motifs is 2. The Hall–Kier alpha value is -2.89. The lowest BCUT2D eigenvalue weighted by Crippen LogP contribution is -2.15. The fraction of sp³-hybridized carbons (Fsp3) is 0.500. The zero-order valence-electron chi connectivity index (χ0n) is 28.2. The summed E-state index contributed by atoms with van der Waals surface area (Å²) in [4.78, 5) is 2.43. The van der Waals surface area contributed by atoms with Crippen LogP contribution in [-0.2, 0) is 51.7 Å². The molecular formula is C36H53ClN2O7. The van der Waals surface area contributed by atoms with E-state index in [9.17, 15) is 0 Å². The number of nitrogens with zero attached hydrogens (tertiary/aromatic N) is 1. The Bertz CT molecular complexity index is 1230. The molecule has 0 radical (unpaired) electrons. The van der Waals surface area contributed by atoms with Crippen molar-refractivity contribution in [1.29, 1.82) is 0 Å². The normalized spacial score (nSPS) is 12.9. The average Bonchev–Trinajstić information content (AvgIpc) is 3.74. The van der Waals surface area contributed by atoms with Gasteiger partial charge < -0.3 is 38.5 Å². The monoisotopic (exact) mass is 660 g/mol. The summed E-state index contributed by atoms with van der Waals surface area (Å²) >= 11 is 0. The fourth-order valence-electron chi connectivity index (χ4n) is 5.04. The van der Waals surface area contributed by atoms with Gasteiger partial charge >= 0.3 is 0 Å². The van der Waals surface area contributed by atoms with Crippen LogP contribution < -0.4 is 19.5 Å². The zero-order valence-corrected chi connectivity index (χ0v) is 29.0. The fourth-order valence-corrected chi connectivity index (χ4v) is 5.04. The summed E-state index contributed by atoms with van der Waals surface area (Å²) in [5.41, 5.74) is 6.54. The van der Waals surface area contributed by atoms with Crippen molar-refractivity contribution in [1.82, 2.24) is 10.2 Å². The predicted octanol–water partition coefficient (Wildman–Crippen LogP) is 6.03.